The summed E-state index contributed by atoms with van der Waals surface area (Å²) in [4.78, 5) is 0. The first-order valence-corrected chi connectivity index (χ1v) is 8.77. The molecular formula is C17H37NO3. The Morgan fingerprint density at radius 1 is 0.810 bits per heavy atom. The maximum atomic E-state index is 8.63. The summed E-state index contributed by atoms with van der Waals surface area (Å²) in [6.45, 7) is 7.21. The van der Waals surface area contributed by atoms with Gasteiger partial charge in [-0.3, -0.25) is 0 Å². The van der Waals surface area contributed by atoms with Crippen LogP contribution in [0.4, 0.5) is 0 Å². The lowest BCUT2D eigenvalue weighted by molar-refractivity contribution is -0.0373. The molecule has 21 heavy (non-hydrogen) atoms. The van der Waals surface area contributed by atoms with Gasteiger partial charge in [0.25, 0.3) is 0 Å². The van der Waals surface area contributed by atoms with Gasteiger partial charge in [-0.05, 0) is 25.3 Å². The first-order chi connectivity index (χ1) is 10.1. The van der Waals surface area contributed by atoms with Crippen molar-refractivity contribution in [3.05, 3.63) is 0 Å². The Morgan fingerprint density at radius 2 is 1.38 bits per heavy atom. The van der Waals surface area contributed by atoms with E-state index in [1.807, 2.05) is 0 Å². The van der Waals surface area contributed by atoms with Crippen LogP contribution in [0.15, 0.2) is 0 Å². The van der Waals surface area contributed by atoms with Gasteiger partial charge in [-0.1, -0.05) is 58.8 Å². The molecule has 0 unspecified atom stereocenters. The Labute approximate surface area is 131 Å². The van der Waals surface area contributed by atoms with E-state index in [4.69, 9.17) is 14.9 Å². The van der Waals surface area contributed by atoms with Gasteiger partial charge in [-0.25, -0.2) is 0 Å². The molecule has 0 aliphatic rings. The normalized spacial score (nSPS) is 11.7. The molecule has 0 bridgehead atoms. The molecular weight excluding hydrogens is 266 g/mol. The lowest BCUT2D eigenvalue weighted by Crippen LogP contribution is -2.27. The van der Waals surface area contributed by atoms with Gasteiger partial charge < -0.3 is 20.3 Å². The lowest BCUT2D eigenvalue weighted by Gasteiger charge is -2.07. The highest BCUT2D eigenvalue weighted by Gasteiger charge is 1.96. The minimum Gasteiger partial charge on any atom is -0.381 e. The average molecular weight is 303 g/mol. The Hall–Kier alpha value is -0.160. The Kier molecular flexibility index (Phi) is 16.1. The maximum Gasteiger partial charge on any atom is 0.164 e. The fraction of sp³-hybridized carbons (Fsp3) is 1.00. The Morgan fingerprint density at radius 3 is 2.00 bits per heavy atom. The van der Waals surface area contributed by atoms with Crippen LogP contribution < -0.4 is 5.32 Å². The zero-order chi connectivity index (χ0) is 15.8. The van der Waals surface area contributed by atoms with E-state index in [9.17, 15) is 0 Å². The fourth-order valence-corrected chi connectivity index (χ4v) is 2.27. The van der Waals surface area contributed by atoms with Gasteiger partial charge in [0.2, 0.25) is 0 Å². The van der Waals surface area contributed by atoms with Gasteiger partial charge in [0.15, 0.2) is 6.29 Å². The minimum absolute atomic E-state index is 0.233. The number of hydrogen-bond donors (Lipinski definition) is 3. The van der Waals surface area contributed by atoms with Crippen molar-refractivity contribution < 1.29 is 14.9 Å². The highest BCUT2D eigenvalue weighted by atomic mass is 16.5. The number of rotatable bonds is 16. The molecule has 0 saturated heterocycles. The first kappa shape index (κ1) is 20.8. The second kappa shape index (κ2) is 16.2. The van der Waals surface area contributed by atoms with Crippen LogP contribution in [0.25, 0.3) is 0 Å². The van der Waals surface area contributed by atoms with Gasteiger partial charge in [0.1, 0.15) is 0 Å². The van der Waals surface area contributed by atoms with Crippen LogP contribution in [-0.4, -0.2) is 42.8 Å². The predicted molar refractivity (Wildman–Crippen MR) is 88.3 cm³/mol. The maximum absolute atomic E-state index is 8.63. The summed E-state index contributed by atoms with van der Waals surface area (Å²) < 4.78 is 5.55. The van der Waals surface area contributed by atoms with Gasteiger partial charge in [0, 0.05) is 19.8 Å². The van der Waals surface area contributed by atoms with E-state index in [2.05, 4.69) is 19.2 Å². The van der Waals surface area contributed by atoms with Gasteiger partial charge in [0.05, 0.1) is 0 Å². The van der Waals surface area contributed by atoms with Crippen molar-refractivity contribution in [3.63, 3.8) is 0 Å². The number of ether oxygens (including phenoxy) is 1. The third kappa shape index (κ3) is 19.8. The van der Waals surface area contributed by atoms with Gasteiger partial charge in [-0.2, -0.15) is 0 Å². The highest BCUT2D eigenvalue weighted by molar-refractivity contribution is 4.50. The van der Waals surface area contributed by atoms with Crippen LogP contribution in [0.2, 0.25) is 0 Å². The molecule has 0 atom stereocenters. The smallest absolute Gasteiger partial charge is 0.164 e. The van der Waals surface area contributed by atoms with Crippen LogP contribution in [-0.2, 0) is 4.74 Å². The third-order valence-corrected chi connectivity index (χ3v) is 3.54. The highest BCUT2D eigenvalue weighted by Crippen LogP contribution is 2.11. The third-order valence-electron chi connectivity index (χ3n) is 3.54. The largest absolute Gasteiger partial charge is 0.381 e. The Balaban J connectivity index is 2.96. The van der Waals surface area contributed by atoms with Crippen molar-refractivity contribution in [3.8, 4) is 0 Å². The molecule has 128 valence electrons. The summed E-state index contributed by atoms with van der Waals surface area (Å²) in [6.07, 6.45) is 10.3. The summed E-state index contributed by atoms with van der Waals surface area (Å²) >= 11 is 0. The van der Waals surface area contributed by atoms with Crippen LogP contribution >= 0.6 is 0 Å². The minimum atomic E-state index is -1.25. The summed E-state index contributed by atoms with van der Waals surface area (Å²) in [5, 5.41) is 20.2. The van der Waals surface area contributed by atoms with E-state index in [1.165, 1.54) is 44.9 Å². The van der Waals surface area contributed by atoms with E-state index in [1.54, 1.807) is 0 Å². The van der Waals surface area contributed by atoms with Crippen LogP contribution in [0.3, 0.4) is 0 Å². The standard InChI is InChI=1S/C17H37NO3/c1-16(2)11-8-6-4-3-5-7-9-13-21-14-10-12-18-15-17(19)20/h16-20H,3-15H2,1-2H3. The number of aliphatic hydroxyl groups is 2. The molecule has 0 aromatic rings. The topological polar surface area (TPSA) is 61.7 Å². The van der Waals surface area contributed by atoms with E-state index in [0.29, 0.717) is 0 Å². The molecule has 0 heterocycles. The van der Waals surface area contributed by atoms with E-state index < -0.39 is 6.29 Å². The van der Waals surface area contributed by atoms with Crippen molar-refractivity contribution in [2.75, 3.05) is 26.3 Å². The average Bonchev–Trinajstić information content (AvgIpc) is 2.42. The molecule has 0 aromatic carbocycles. The molecule has 0 spiro atoms. The van der Waals surface area contributed by atoms with Crippen molar-refractivity contribution in [1.29, 1.82) is 0 Å². The number of nitrogens with one attached hydrogen (secondary N) is 1. The molecule has 0 saturated carbocycles. The van der Waals surface area contributed by atoms with Crippen LogP contribution in [0, 0.1) is 5.92 Å². The molecule has 3 N–H and O–H groups in total. The van der Waals surface area contributed by atoms with Crippen molar-refractivity contribution in [2.24, 2.45) is 5.92 Å². The summed E-state index contributed by atoms with van der Waals surface area (Å²) in [6, 6.07) is 0. The lowest BCUT2D eigenvalue weighted by atomic mass is 10.0. The molecule has 0 fully saturated rings. The Bertz CT molecular complexity index is 178. The van der Waals surface area contributed by atoms with Gasteiger partial charge >= 0.3 is 0 Å². The SMILES string of the molecule is CC(C)CCCCCCCCCOCCCNCC(O)O. The predicted octanol–water partition coefficient (Wildman–Crippen LogP) is 3.07. The molecule has 0 radical (unpaired) electrons. The van der Waals surface area contributed by atoms with Crippen LogP contribution in [0.5, 0.6) is 0 Å². The zero-order valence-electron chi connectivity index (χ0n) is 14.1. The summed E-state index contributed by atoms with van der Waals surface area (Å²) in [5.41, 5.74) is 0. The van der Waals surface area contributed by atoms with Crippen molar-refractivity contribution in [2.45, 2.75) is 77.9 Å². The number of unbranched alkanes of at least 4 members (excludes halogenated alkanes) is 6. The molecule has 0 aliphatic carbocycles. The fourth-order valence-electron chi connectivity index (χ4n) is 2.27. The van der Waals surface area contributed by atoms with Crippen molar-refractivity contribution >= 4 is 0 Å². The quantitative estimate of drug-likeness (QED) is 0.303. The molecule has 0 aliphatic heterocycles. The number of aliphatic hydroxyl groups excluding tert-OH is 1. The van der Waals surface area contributed by atoms with Gasteiger partial charge in [-0.15, -0.1) is 0 Å². The second-order valence-corrected chi connectivity index (χ2v) is 6.31. The summed E-state index contributed by atoms with van der Waals surface area (Å²) in [7, 11) is 0. The second-order valence-electron chi connectivity index (χ2n) is 6.31. The molecule has 0 aromatic heterocycles. The molecule has 4 heteroatoms. The monoisotopic (exact) mass is 303 g/mol. The molecule has 4 nitrogen and oxygen atoms in total. The van der Waals surface area contributed by atoms with Crippen LogP contribution in [0.1, 0.15) is 71.6 Å². The number of hydrogen-bond acceptors (Lipinski definition) is 4. The van der Waals surface area contributed by atoms with E-state index >= 15 is 0 Å². The van der Waals surface area contributed by atoms with E-state index in [0.717, 1.165) is 38.5 Å². The zero-order valence-corrected chi connectivity index (χ0v) is 14.1. The van der Waals surface area contributed by atoms with E-state index in [-0.39, 0.29) is 6.54 Å². The summed E-state index contributed by atoms with van der Waals surface area (Å²) in [5.74, 6) is 0.853. The first-order valence-electron chi connectivity index (χ1n) is 8.77. The molecule has 0 rings (SSSR count). The molecule has 0 amide bonds. The van der Waals surface area contributed by atoms with Crippen molar-refractivity contribution in [1.82, 2.24) is 5.32 Å².